The van der Waals surface area contributed by atoms with E-state index < -0.39 is 6.10 Å². The lowest BCUT2D eigenvalue weighted by molar-refractivity contribution is -0.131. The fourth-order valence-corrected chi connectivity index (χ4v) is 3.52. The summed E-state index contributed by atoms with van der Waals surface area (Å²) in [5.74, 6) is 0.253. The average molecular weight is 342 g/mol. The molecule has 1 amide bonds. The number of aliphatic hydroxyl groups is 1. The molecule has 2 saturated heterocycles. The molecule has 25 heavy (non-hydrogen) atoms. The second-order valence-corrected chi connectivity index (χ2v) is 6.91. The summed E-state index contributed by atoms with van der Waals surface area (Å²) in [7, 11) is 0. The minimum Gasteiger partial charge on any atom is -0.387 e. The van der Waals surface area contributed by atoms with Crippen LogP contribution in [0.3, 0.4) is 0 Å². The molecule has 3 rings (SSSR count). The van der Waals surface area contributed by atoms with Crippen LogP contribution in [0, 0.1) is 11.3 Å². The lowest BCUT2D eigenvalue weighted by Crippen LogP contribution is -2.50. The number of nitriles is 1. The molecule has 1 N–H and O–H groups in total. The van der Waals surface area contributed by atoms with Crippen LogP contribution in [0.25, 0.3) is 0 Å². The number of piperazine rings is 1. The fourth-order valence-electron chi connectivity index (χ4n) is 3.52. The number of aliphatic hydroxyl groups excluding tert-OH is 1. The number of rotatable bonds is 5. The van der Waals surface area contributed by atoms with Crippen molar-refractivity contribution < 1.29 is 9.90 Å². The van der Waals surface area contributed by atoms with Gasteiger partial charge < -0.3 is 10.0 Å². The van der Waals surface area contributed by atoms with Gasteiger partial charge in [-0.25, -0.2) is 0 Å². The van der Waals surface area contributed by atoms with Crippen LogP contribution in [0.15, 0.2) is 24.3 Å². The van der Waals surface area contributed by atoms with Crippen molar-refractivity contribution in [1.82, 2.24) is 14.7 Å². The molecule has 2 heterocycles. The van der Waals surface area contributed by atoms with E-state index in [0.717, 1.165) is 57.7 Å². The summed E-state index contributed by atoms with van der Waals surface area (Å²) in [6.45, 7) is 6.37. The van der Waals surface area contributed by atoms with Crippen molar-refractivity contribution in [3.8, 4) is 6.07 Å². The monoisotopic (exact) mass is 342 g/mol. The van der Waals surface area contributed by atoms with Gasteiger partial charge in [0.2, 0.25) is 5.91 Å². The SMILES string of the molecule is N#Cc1ccc(C(O)CN2CCN(CC(=O)N3CCCC3)CC2)cc1. The topological polar surface area (TPSA) is 70.8 Å². The molecule has 6 nitrogen and oxygen atoms in total. The number of likely N-dealkylation sites (tertiary alicyclic amines) is 1. The van der Waals surface area contributed by atoms with Gasteiger partial charge in [-0.1, -0.05) is 12.1 Å². The molecule has 0 saturated carbocycles. The fraction of sp³-hybridized carbons (Fsp3) is 0.579. The number of hydrogen-bond acceptors (Lipinski definition) is 5. The van der Waals surface area contributed by atoms with Gasteiger partial charge in [0, 0.05) is 45.8 Å². The van der Waals surface area contributed by atoms with Gasteiger partial charge in [-0.05, 0) is 30.5 Å². The van der Waals surface area contributed by atoms with E-state index in [0.29, 0.717) is 18.7 Å². The molecule has 0 spiro atoms. The largest absolute Gasteiger partial charge is 0.387 e. The maximum absolute atomic E-state index is 12.2. The first-order chi connectivity index (χ1) is 12.2. The van der Waals surface area contributed by atoms with Crippen LogP contribution in [0.2, 0.25) is 0 Å². The summed E-state index contributed by atoms with van der Waals surface area (Å²) in [5, 5.41) is 19.2. The molecule has 0 aromatic heterocycles. The third kappa shape index (κ3) is 4.79. The van der Waals surface area contributed by atoms with Crippen LogP contribution >= 0.6 is 0 Å². The number of amides is 1. The van der Waals surface area contributed by atoms with Gasteiger partial charge >= 0.3 is 0 Å². The quantitative estimate of drug-likeness (QED) is 0.858. The van der Waals surface area contributed by atoms with Gasteiger partial charge in [-0.2, -0.15) is 5.26 Å². The third-order valence-corrected chi connectivity index (χ3v) is 5.14. The van der Waals surface area contributed by atoms with Gasteiger partial charge in [0.1, 0.15) is 0 Å². The van der Waals surface area contributed by atoms with E-state index in [4.69, 9.17) is 5.26 Å². The van der Waals surface area contributed by atoms with E-state index in [9.17, 15) is 9.90 Å². The van der Waals surface area contributed by atoms with Crippen molar-refractivity contribution in [2.45, 2.75) is 18.9 Å². The molecule has 1 aromatic carbocycles. The minimum absolute atomic E-state index is 0.253. The predicted molar refractivity (Wildman–Crippen MR) is 94.8 cm³/mol. The van der Waals surface area contributed by atoms with E-state index in [-0.39, 0.29) is 5.91 Å². The Balaban J connectivity index is 1.42. The molecule has 1 unspecified atom stereocenters. The van der Waals surface area contributed by atoms with E-state index in [1.165, 1.54) is 0 Å². The highest BCUT2D eigenvalue weighted by atomic mass is 16.3. The highest BCUT2D eigenvalue weighted by Gasteiger charge is 2.24. The molecule has 6 heteroatoms. The second kappa shape index (κ2) is 8.43. The number of hydrogen-bond donors (Lipinski definition) is 1. The van der Waals surface area contributed by atoms with Crippen molar-refractivity contribution >= 4 is 5.91 Å². The minimum atomic E-state index is -0.550. The third-order valence-electron chi connectivity index (χ3n) is 5.14. The maximum atomic E-state index is 12.2. The molecular formula is C19H26N4O2. The Morgan fingerprint density at radius 1 is 1.04 bits per heavy atom. The number of β-amino-alcohol motifs (C(OH)–C–C–N with tert-alkyl or cyclic N) is 1. The summed E-state index contributed by atoms with van der Waals surface area (Å²) < 4.78 is 0. The van der Waals surface area contributed by atoms with Gasteiger partial charge in [-0.3, -0.25) is 14.6 Å². The summed E-state index contributed by atoms with van der Waals surface area (Å²) >= 11 is 0. The van der Waals surface area contributed by atoms with Crippen LogP contribution < -0.4 is 0 Å². The zero-order chi connectivity index (χ0) is 17.6. The Morgan fingerprint density at radius 3 is 2.24 bits per heavy atom. The van der Waals surface area contributed by atoms with Crippen molar-refractivity contribution in [2.75, 3.05) is 52.4 Å². The molecule has 0 radical (unpaired) electrons. The summed E-state index contributed by atoms with van der Waals surface area (Å²) in [6.07, 6.45) is 1.71. The van der Waals surface area contributed by atoms with Crippen molar-refractivity contribution in [1.29, 1.82) is 5.26 Å². The first-order valence-electron chi connectivity index (χ1n) is 9.06. The van der Waals surface area contributed by atoms with Gasteiger partial charge in [-0.15, -0.1) is 0 Å². The lowest BCUT2D eigenvalue weighted by atomic mass is 10.1. The zero-order valence-corrected chi connectivity index (χ0v) is 14.6. The van der Waals surface area contributed by atoms with E-state index in [1.807, 2.05) is 17.0 Å². The molecule has 1 atom stereocenters. The van der Waals surface area contributed by atoms with Crippen LogP contribution in [-0.2, 0) is 4.79 Å². The molecule has 2 aliphatic rings. The standard InChI is InChI=1S/C19H26N4O2/c20-13-16-3-5-17(6-4-16)18(24)14-21-9-11-22(12-10-21)15-19(25)23-7-1-2-8-23/h3-6,18,24H,1-2,7-12,14-15H2. The van der Waals surface area contributed by atoms with Gasteiger partial charge in [0.25, 0.3) is 0 Å². The zero-order valence-electron chi connectivity index (χ0n) is 14.6. The smallest absolute Gasteiger partial charge is 0.236 e. The van der Waals surface area contributed by atoms with Crippen molar-refractivity contribution in [3.63, 3.8) is 0 Å². The van der Waals surface area contributed by atoms with Crippen LogP contribution in [-0.4, -0.2) is 78.1 Å². The van der Waals surface area contributed by atoms with Crippen molar-refractivity contribution in [3.05, 3.63) is 35.4 Å². The van der Waals surface area contributed by atoms with Crippen LogP contribution in [0.4, 0.5) is 0 Å². The second-order valence-electron chi connectivity index (χ2n) is 6.91. The van der Waals surface area contributed by atoms with E-state index in [2.05, 4.69) is 15.9 Å². The summed E-state index contributed by atoms with van der Waals surface area (Å²) in [4.78, 5) is 18.6. The highest BCUT2D eigenvalue weighted by molar-refractivity contribution is 5.78. The molecule has 1 aromatic rings. The highest BCUT2D eigenvalue weighted by Crippen LogP contribution is 2.16. The van der Waals surface area contributed by atoms with Gasteiger partial charge in [0.05, 0.1) is 24.3 Å². The molecule has 2 aliphatic heterocycles. The number of benzene rings is 1. The molecule has 2 fully saturated rings. The Hall–Kier alpha value is -1.94. The summed E-state index contributed by atoms with van der Waals surface area (Å²) in [6, 6.07) is 9.19. The molecular weight excluding hydrogens is 316 g/mol. The lowest BCUT2D eigenvalue weighted by Gasteiger charge is -2.35. The number of nitrogens with zero attached hydrogens (tertiary/aromatic N) is 4. The number of carbonyl (C=O) groups excluding carboxylic acids is 1. The van der Waals surface area contributed by atoms with E-state index in [1.54, 1.807) is 12.1 Å². The maximum Gasteiger partial charge on any atom is 0.236 e. The van der Waals surface area contributed by atoms with Crippen LogP contribution in [0.5, 0.6) is 0 Å². The Bertz CT molecular complexity index is 611. The normalized spacial score (nSPS) is 20.4. The van der Waals surface area contributed by atoms with Crippen molar-refractivity contribution in [2.24, 2.45) is 0 Å². The Kier molecular flexibility index (Phi) is 6.03. The molecule has 134 valence electrons. The average Bonchev–Trinajstić information content (AvgIpc) is 3.18. The molecule has 0 aliphatic carbocycles. The molecule has 0 bridgehead atoms. The van der Waals surface area contributed by atoms with Gasteiger partial charge in [0.15, 0.2) is 0 Å². The first kappa shape index (κ1) is 17.9. The summed E-state index contributed by atoms with van der Waals surface area (Å²) in [5.41, 5.74) is 1.44. The van der Waals surface area contributed by atoms with Crippen LogP contribution in [0.1, 0.15) is 30.1 Å². The predicted octanol–water partition coefficient (Wildman–Crippen LogP) is 0.832. The Morgan fingerprint density at radius 2 is 1.64 bits per heavy atom. The first-order valence-corrected chi connectivity index (χ1v) is 9.06. The number of carbonyl (C=O) groups is 1. The van der Waals surface area contributed by atoms with E-state index >= 15 is 0 Å². The Labute approximate surface area is 149 Å².